The normalized spacial score (nSPS) is 26.3. The van der Waals surface area contributed by atoms with Crippen molar-refractivity contribution in [3.05, 3.63) is 45.0 Å². The van der Waals surface area contributed by atoms with Crippen LogP contribution in [0.4, 0.5) is 0 Å². The summed E-state index contributed by atoms with van der Waals surface area (Å²) < 4.78 is 19.0. The Morgan fingerprint density at radius 3 is 2.41 bits per heavy atom. The highest BCUT2D eigenvalue weighted by atomic mass is 32.5. The van der Waals surface area contributed by atoms with Gasteiger partial charge in [-0.05, 0) is 41.8 Å². The Labute approximate surface area is 175 Å². The van der Waals surface area contributed by atoms with Crippen LogP contribution in [0.15, 0.2) is 33.7 Å². The van der Waals surface area contributed by atoms with Gasteiger partial charge in [0.2, 0.25) is 6.49 Å². The third kappa shape index (κ3) is 5.62. The number of rotatable bonds is 6. The van der Waals surface area contributed by atoms with E-state index in [4.69, 9.17) is 13.9 Å². The first-order valence-electron chi connectivity index (χ1n) is 9.09. The summed E-state index contributed by atoms with van der Waals surface area (Å²) in [5.74, 6) is 1.10. The molecule has 0 bridgehead atoms. The fourth-order valence-electron chi connectivity index (χ4n) is 2.80. The number of H-pyrrole nitrogens is 1. The topological polar surface area (TPSA) is 123 Å². The monoisotopic (exact) mass is 464 g/mol. The van der Waals surface area contributed by atoms with Gasteiger partial charge >= 0.3 is 5.69 Å². The Morgan fingerprint density at radius 2 is 1.93 bits per heavy atom. The third-order valence-electron chi connectivity index (χ3n) is 5.35. The number of ether oxygens (including phenoxy) is 2. The number of aromatic nitrogens is 2. The molecule has 1 aromatic heterocycles. The van der Waals surface area contributed by atoms with Gasteiger partial charge in [-0.1, -0.05) is 20.8 Å². The Bertz CT molecular complexity index is 889. The molecule has 164 valence electrons. The lowest BCUT2D eigenvalue weighted by atomic mass is 10.1. The molecule has 0 amide bonds. The molecule has 9 nitrogen and oxygen atoms in total. The van der Waals surface area contributed by atoms with E-state index in [0.29, 0.717) is 0 Å². The van der Waals surface area contributed by atoms with Gasteiger partial charge in [-0.2, -0.15) is 0 Å². The summed E-state index contributed by atoms with van der Waals surface area (Å²) in [6.07, 6.45) is -0.658. The van der Waals surface area contributed by atoms with Crippen molar-refractivity contribution >= 4 is 26.6 Å². The molecule has 0 aliphatic carbocycles. The number of methoxy groups -OCH3 is 1. The second-order valence-electron chi connectivity index (χ2n) is 8.46. The SMILES string of the molecule is CO[C@@H]1[C@H](O[Si](C)(C)C(C)(C)C)[C@@H](/C=C/P(O)(O)=S)O[C@H]1n1c(=O)cc[nH]c1=O. The molecule has 0 saturated carbocycles. The summed E-state index contributed by atoms with van der Waals surface area (Å²) in [5, 5.41) is -0.124. The second kappa shape index (κ2) is 8.68. The van der Waals surface area contributed by atoms with E-state index in [0.717, 1.165) is 10.4 Å². The summed E-state index contributed by atoms with van der Waals surface area (Å²) >= 11 is 4.66. The van der Waals surface area contributed by atoms with Gasteiger partial charge in [-0.3, -0.25) is 4.79 Å². The lowest BCUT2D eigenvalue weighted by molar-refractivity contribution is -0.0498. The number of nitrogens with zero attached hydrogens (tertiary/aromatic N) is 1. The number of aromatic amines is 1. The quantitative estimate of drug-likeness (QED) is 0.429. The molecule has 1 aliphatic heterocycles. The summed E-state index contributed by atoms with van der Waals surface area (Å²) in [5.41, 5.74) is -1.19. The second-order valence-corrected chi connectivity index (χ2v) is 16.3. The van der Waals surface area contributed by atoms with Gasteiger partial charge in [-0.15, -0.1) is 0 Å². The van der Waals surface area contributed by atoms with Crippen LogP contribution in [0.5, 0.6) is 0 Å². The summed E-state index contributed by atoms with van der Waals surface area (Å²) in [6, 6.07) is 1.21. The highest BCUT2D eigenvalue weighted by molar-refractivity contribution is 8.10. The van der Waals surface area contributed by atoms with Gasteiger partial charge in [0.25, 0.3) is 5.56 Å². The van der Waals surface area contributed by atoms with Crippen LogP contribution in [0, 0.1) is 0 Å². The molecule has 29 heavy (non-hydrogen) atoms. The Hall–Kier alpha value is -0.913. The average Bonchev–Trinajstić information content (AvgIpc) is 2.88. The average molecular weight is 465 g/mol. The van der Waals surface area contributed by atoms with Gasteiger partial charge < -0.3 is 28.7 Å². The van der Waals surface area contributed by atoms with Gasteiger partial charge in [0.1, 0.15) is 18.3 Å². The minimum atomic E-state index is -3.62. The molecular formula is C17H29N2O7PSSi. The van der Waals surface area contributed by atoms with E-state index in [9.17, 15) is 19.4 Å². The molecule has 3 N–H and O–H groups in total. The van der Waals surface area contributed by atoms with Gasteiger partial charge in [0.05, 0.1) is 0 Å². The van der Waals surface area contributed by atoms with Crippen LogP contribution in [0.25, 0.3) is 0 Å². The molecule has 0 spiro atoms. The van der Waals surface area contributed by atoms with Crippen molar-refractivity contribution in [2.24, 2.45) is 0 Å². The molecule has 1 aromatic rings. The van der Waals surface area contributed by atoms with Crippen LogP contribution in [0.3, 0.4) is 0 Å². The van der Waals surface area contributed by atoms with E-state index in [2.05, 4.69) is 50.7 Å². The molecule has 1 aliphatic rings. The van der Waals surface area contributed by atoms with Crippen molar-refractivity contribution in [1.29, 1.82) is 0 Å². The van der Waals surface area contributed by atoms with Crippen molar-refractivity contribution in [2.45, 2.75) is 63.4 Å². The highest BCUT2D eigenvalue weighted by Gasteiger charge is 2.51. The van der Waals surface area contributed by atoms with E-state index in [1.54, 1.807) is 0 Å². The highest BCUT2D eigenvalue weighted by Crippen LogP contribution is 2.43. The standard InChI is InChI=1S/C17H29N2O7PSSi/c1-17(2,3)29(5,6)26-13-11(8-10-27(22,23)28)25-15(14(13)24-4)19-12(20)7-9-18-16(19)21/h7-11,13-15H,1-6H3,(H,18,21)(H2,22,23,28)/b10-8+/t11-,13-,14-,15-/m1/s1. The van der Waals surface area contributed by atoms with Crippen LogP contribution in [0.1, 0.15) is 27.0 Å². The van der Waals surface area contributed by atoms with Crippen LogP contribution >= 0.6 is 6.49 Å². The number of hydrogen-bond donors (Lipinski definition) is 3. The van der Waals surface area contributed by atoms with Crippen molar-refractivity contribution < 1.29 is 23.7 Å². The van der Waals surface area contributed by atoms with Crippen molar-refractivity contribution in [1.82, 2.24) is 9.55 Å². The van der Waals surface area contributed by atoms with Gasteiger partial charge in [-0.25, -0.2) is 9.36 Å². The molecular weight excluding hydrogens is 435 g/mol. The van der Waals surface area contributed by atoms with Crippen molar-refractivity contribution in [2.75, 3.05) is 7.11 Å². The van der Waals surface area contributed by atoms with E-state index >= 15 is 0 Å². The molecule has 4 atom stereocenters. The fourth-order valence-corrected chi connectivity index (χ4v) is 4.71. The largest absolute Gasteiger partial charge is 0.408 e. The van der Waals surface area contributed by atoms with E-state index < -0.39 is 50.6 Å². The fraction of sp³-hybridized carbons (Fsp3) is 0.647. The first kappa shape index (κ1) is 24.4. The lowest BCUT2D eigenvalue weighted by Gasteiger charge is -2.40. The van der Waals surface area contributed by atoms with Crippen molar-refractivity contribution in [3.63, 3.8) is 0 Å². The Morgan fingerprint density at radius 1 is 1.31 bits per heavy atom. The number of hydrogen-bond acceptors (Lipinski definition) is 6. The predicted octanol–water partition coefficient (Wildman–Crippen LogP) is 1.65. The maximum Gasteiger partial charge on any atom is 0.330 e. The molecule has 1 fully saturated rings. The molecule has 12 heteroatoms. The summed E-state index contributed by atoms with van der Waals surface area (Å²) in [4.78, 5) is 46.2. The van der Waals surface area contributed by atoms with Gasteiger partial charge in [0, 0.05) is 19.4 Å². The third-order valence-corrected chi connectivity index (χ3v) is 10.7. The van der Waals surface area contributed by atoms with Crippen LogP contribution in [0.2, 0.25) is 18.1 Å². The van der Waals surface area contributed by atoms with Gasteiger partial charge in [0.15, 0.2) is 14.5 Å². The first-order chi connectivity index (χ1) is 13.2. The Kier molecular flexibility index (Phi) is 7.29. The van der Waals surface area contributed by atoms with Crippen molar-refractivity contribution in [3.8, 4) is 0 Å². The molecule has 2 rings (SSSR count). The molecule has 0 unspecified atom stereocenters. The van der Waals surface area contributed by atoms with Crippen LogP contribution < -0.4 is 11.2 Å². The predicted molar refractivity (Wildman–Crippen MR) is 116 cm³/mol. The maximum atomic E-state index is 12.3. The zero-order valence-corrected chi connectivity index (χ0v) is 20.1. The van der Waals surface area contributed by atoms with E-state index in [-0.39, 0.29) is 5.04 Å². The Balaban J connectivity index is 2.53. The molecule has 0 radical (unpaired) electrons. The zero-order chi connectivity index (χ0) is 22.2. The summed E-state index contributed by atoms with van der Waals surface area (Å²) in [6.45, 7) is 6.72. The minimum Gasteiger partial charge on any atom is -0.408 e. The lowest BCUT2D eigenvalue weighted by Crippen LogP contribution is -2.50. The maximum absolute atomic E-state index is 12.3. The smallest absolute Gasteiger partial charge is 0.330 e. The first-order valence-corrected chi connectivity index (χ1v) is 14.8. The minimum absolute atomic E-state index is 0.124. The molecule has 1 saturated heterocycles. The molecule has 0 aromatic carbocycles. The zero-order valence-electron chi connectivity index (χ0n) is 17.4. The van der Waals surface area contributed by atoms with Crippen LogP contribution in [-0.2, 0) is 25.7 Å². The van der Waals surface area contributed by atoms with E-state index in [1.165, 1.54) is 25.4 Å². The van der Waals surface area contributed by atoms with E-state index in [1.807, 2.05) is 0 Å². The van der Waals surface area contributed by atoms with Crippen LogP contribution in [-0.4, -0.2) is 53.1 Å². The number of nitrogens with one attached hydrogen (secondary N) is 1. The summed E-state index contributed by atoms with van der Waals surface area (Å²) in [7, 11) is -0.867. The molecule has 2 heterocycles.